The first-order valence-corrected chi connectivity index (χ1v) is 8.44. The molecule has 1 aliphatic carbocycles. The summed E-state index contributed by atoms with van der Waals surface area (Å²) in [5.41, 5.74) is 0.808. The fraction of sp³-hybridized carbons (Fsp3) is 0.316. The van der Waals surface area contributed by atoms with E-state index >= 15 is 0 Å². The molecular formula is C19H20N2O5. The first kappa shape index (κ1) is 17.7. The number of hydrogen-bond donors (Lipinski definition) is 2. The Morgan fingerprint density at radius 2 is 1.92 bits per heavy atom. The van der Waals surface area contributed by atoms with E-state index < -0.39 is 5.97 Å². The number of anilines is 1. The van der Waals surface area contributed by atoms with E-state index in [1.807, 2.05) is 6.92 Å². The van der Waals surface area contributed by atoms with Gasteiger partial charge in [-0.15, -0.1) is 0 Å². The number of benzene rings is 1. The number of nitrogens with one attached hydrogen (secondary N) is 2. The van der Waals surface area contributed by atoms with Crippen LogP contribution < -0.4 is 10.6 Å². The van der Waals surface area contributed by atoms with Crippen LogP contribution in [0.2, 0.25) is 0 Å². The Labute approximate surface area is 150 Å². The summed E-state index contributed by atoms with van der Waals surface area (Å²) >= 11 is 0. The summed E-state index contributed by atoms with van der Waals surface area (Å²) < 4.78 is 10.0. The second-order valence-electron chi connectivity index (χ2n) is 6.28. The van der Waals surface area contributed by atoms with E-state index in [9.17, 15) is 14.4 Å². The standard InChI is InChI=1S/C19H20N2O5/c1-12(13-4-5-13)20-17(22)11-26-19(24)14-6-8-15(9-7-14)21-18(23)16-3-2-10-25-16/h2-3,6-10,12-13H,4-5,11H2,1H3,(H,20,22)(H,21,23)/t12-/m0/s1. The van der Waals surface area contributed by atoms with Crippen molar-refractivity contribution in [3.63, 3.8) is 0 Å². The average molecular weight is 356 g/mol. The zero-order valence-electron chi connectivity index (χ0n) is 14.4. The molecule has 0 radical (unpaired) electrons. The van der Waals surface area contributed by atoms with Crippen LogP contribution in [-0.4, -0.2) is 30.4 Å². The smallest absolute Gasteiger partial charge is 0.338 e. The van der Waals surface area contributed by atoms with Gasteiger partial charge in [0.2, 0.25) is 0 Å². The van der Waals surface area contributed by atoms with E-state index in [1.165, 1.54) is 18.4 Å². The normalized spacial score (nSPS) is 14.3. The van der Waals surface area contributed by atoms with Crippen molar-refractivity contribution < 1.29 is 23.5 Å². The molecule has 3 rings (SSSR count). The quantitative estimate of drug-likeness (QED) is 0.743. The first-order valence-electron chi connectivity index (χ1n) is 8.44. The number of carbonyl (C=O) groups is 3. The predicted octanol–water partition coefficient (Wildman–Crippen LogP) is 2.60. The Kier molecular flexibility index (Phi) is 5.36. The van der Waals surface area contributed by atoms with Crippen LogP contribution in [0.4, 0.5) is 5.69 Å². The van der Waals surface area contributed by atoms with Gasteiger partial charge in [0.1, 0.15) is 0 Å². The molecule has 136 valence electrons. The molecule has 0 saturated heterocycles. The van der Waals surface area contributed by atoms with Crippen molar-refractivity contribution in [3.8, 4) is 0 Å². The van der Waals surface area contributed by atoms with Crippen LogP contribution in [0.15, 0.2) is 47.1 Å². The maximum absolute atomic E-state index is 12.0. The molecule has 7 heteroatoms. The molecule has 1 aromatic heterocycles. The van der Waals surface area contributed by atoms with Gasteiger partial charge in [0.25, 0.3) is 11.8 Å². The average Bonchev–Trinajstić information content (AvgIpc) is 3.34. The van der Waals surface area contributed by atoms with Gasteiger partial charge in [-0.25, -0.2) is 4.79 Å². The van der Waals surface area contributed by atoms with E-state index in [4.69, 9.17) is 9.15 Å². The van der Waals surface area contributed by atoms with E-state index in [0.717, 1.165) is 12.8 Å². The third-order valence-electron chi connectivity index (χ3n) is 4.18. The summed E-state index contributed by atoms with van der Waals surface area (Å²) in [5.74, 6) is -0.548. The van der Waals surface area contributed by atoms with Crippen LogP contribution in [0.25, 0.3) is 0 Å². The summed E-state index contributed by atoms with van der Waals surface area (Å²) in [4.78, 5) is 35.6. The lowest BCUT2D eigenvalue weighted by Crippen LogP contribution is -2.37. The zero-order chi connectivity index (χ0) is 18.5. The lowest BCUT2D eigenvalue weighted by atomic mass is 10.2. The van der Waals surface area contributed by atoms with Crippen molar-refractivity contribution >= 4 is 23.5 Å². The second-order valence-corrected chi connectivity index (χ2v) is 6.28. The minimum atomic E-state index is -0.594. The molecule has 26 heavy (non-hydrogen) atoms. The number of amides is 2. The number of esters is 1. The van der Waals surface area contributed by atoms with Gasteiger partial charge in [0.15, 0.2) is 12.4 Å². The van der Waals surface area contributed by atoms with Crippen LogP contribution in [0, 0.1) is 5.92 Å². The molecule has 1 saturated carbocycles. The second kappa shape index (κ2) is 7.86. The molecule has 1 fully saturated rings. The van der Waals surface area contributed by atoms with Crippen LogP contribution in [0.3, 0.4) is 0 Å². The van der Waals surface area contributed by atoms with Crippen molar-refractivity contribution in [2.75, 3.05) is 11.9 Å². The lowest BCUT2D eigenvalue weighted by molar-refractivity contribution is -0.124. The first-order chi connectivity index (χ1) is 12.5. The summed E-state index contributed by atoms with van der Waals surface area (Å²) in [7, 11) is 0. The predicted molar refractivity (Wildman–Crippen MR) is 93.7 cm³/mol. The minimum absolute atomic E-state index is 0.109. The molecule has 7 nitrogen and oxygen atoms in total. The van der Waals surface area contributed by atoms with Gasteiger partial charge in [-0.3, -0.25) is 9.59 Å². The highest BCUT2D eigenvalue weighted by atomic mass is 16.5. The Morgan fingerprint density at radius 3 is 2.54 bits per heavy atom. The Bertz CT molecular complexity index is 779. The molecule has 2 aromatic rings. The molecule has 1 atom stereocenters. The van der Waals surface area contributed by atoms with Gasteiger partial charge in [-0.1, -0.05) is 0 Å². The van der Waals surface area contributed by atoms with E-state index in [-0.39, 0.29) is 30.2 Å². The van der Waals surface area contributed by atoms with Gasteiger partial charge in [-0.2, -0.15) is 0 Å². The van der Waals surface area contributed by atoms with Crippen molar-refractivity contribution in [1.82, 2.24) is 5.32 Å². The van der Waals surface area contributed by atoms with Gasteiger partial charge in [0.05, 0.1) is 11.8 Å². The number of carbonyl (C=O) groups excluding carboxylic acids is 3. The van der Waals surface area contributed by atoms with Gasteiger partial charge >= 0.3 is 5.97 Å². The van der Waals surface area contributed by atoms with Crippen LogP contribution in [0.5, 0.6) is 0 Å². The number of ether oxygens (including phenoxy) is 1. The number of rotatable bonds is 7. The SMILES string of the molecule is C[C@H](NC(=O)COC(=O)c1ccc(NC(=O)c2ccco2)cc1)C1CC1. The Balaban J connectivity index is 1.47. The molecule has 0 aliphatic heterocycles. The molecule has 1 aromatic carbocycles. The molecule has 2 amide bonds. The maximum atomic E-state index is 12.0. The molecule has 0 bridgehead atoms. The summed E-state index contributed by atoms with van der Waals surface area (Å²) in [5, 5.41) is 5.47. The third-order valence-corrected chi connectivity index (χ3v) is 4.18. The van der Waals surface area contributed by atoms with Crippen molar-refractivity contribution in [3.05, 3.63) is 54.0 Å². The Hall–Kier alpha value is -3.09. The topological polar surface area (TPSA) is 97.6 Å². The monoisotopic (exact) mass is 356 g/mol. The van der Waals surface area contributed by atoms with E-state index in [1.54, 1.807) is 24.3 Å². The van der Waals surface area contributed by atoms with Crippen LogP contribution >= 0.6 is 0 Å². The maximum Gasteiger partial charge on any atom is 0.338 e. The molecule has 1 heterocycles. The minimum Gasteiger partial charge on any atom is -0.459 e. The summed E-state index contributed by atoms with van der Waals surface area (Å²) in [6.45, 7) is 1.64. The van der Waals surface area contributed by atoms with Crippen molar-refractivity contribution in [1.29, 1.82) is 0 Å². The molecule has 2 N–H and O–H groups in total. The molecular weight excluding hydrogens is 336 g/mol. The molecule has 0 spiro atoms. The highest BCUT2D eigenvalue weighted by molar-refractivity contribution is 6.02. The fourth-order valence-corrected chi connectivity index (χ4v) is 2.51. The van der Waals surface area contributed by atoms with Crippen LogP contribution in [0.1, 0.15) is 40.7 Å². The van der Waals surface area contributed by atoms with E-state index in [2.05, 4.69) is 10.6 Å². The lowest BCUT2D eigenvalue weighted by Gasteiger charge is -2.12. The van der Waals surface area contributed by atoms with E-state index in [0.29, 0.717) is 17.2 Å². The summed E-state index contributed by atoms with van der Waals surface area (Å²) in [6, 6.07) is 9.47. The molecule has 1 aliphatic rings. The van der Waals surface area contributed by atoms with Crippen molar-refractivity contribution in [2.24, 2.45) is 5.92 Å². The third kappa shape index (κ3) is 4.72. The van der Waals surface area contributed by atoms with Gasteiger partial charge in [-0.05, 0) is 62.1 Å². The Morgan fingerprint density at radius 1 is 1.19 bits per heavy atom. The van der Waals surface area contributed by atoms with Crippen molar-refractivity contribution in [2.45, 2.75) is 25.8 Å². The summed E-state index contributed by atoms with van der Waals surface area (Å²) in [6.07, 6.45) is 3.67. The van der Waals surface area contributed by atoms with Gasteiger partial charge < -0.3 is 19.8 Å². The highest BCUT2D eigenvalue weighted by Crippen LogP contribution is 2.32. The largest absolute Gasteiger partial charge is 0.459 e. The highest BCUT2D eigenvalue weighted by Gasteiger charge is 2.29. The van der Waals surface area contributed by atoms with Crippen LogP contribution in [-0.2, 0) is 9.53 Å². The number of furan rings is 1. The van der Waals surface area contributed by atoms with Gasteiger partial charge in [0, 0.05) is 11.7 Å². The molecule has 0 unspecified atom stereocenters. The number of hydrogen-bond acceptors (Lipinski definition) is 5. The fourth-order valence-electron chi connectivity index (χ4n) is 2.51. The zero-order valence-corrected chi connectivity index (χ0v) is 14.4.